The van der Waals surface area contributed by atoms with Crippen LogP contribution in [0.25, 0.3) is 0 Å². The van der Waals surface area contributed by atoms with E-state index in [1.54, 1.807) is 12.1 Å². The van der Waals surface area contributed by atoms with Crippen molar-refractivity contribution in [2.24, 2.45) is 0 Å². The summed E-state index contributed by atoms with van der Waals surface area (Å²) >= 11 is 0. The Morgan fingerprint density at radius 2 is 2.21 bits per heavy atom. The molecule has 6 nitrogen and oxygen atoms in total. The van der Waals surface area contributed by atoms with Crippen molar-refractivity contribution < 1.29 is 13.2 Å². The first kappa shape index (κ1) is 14.1. The Labute approximate surface area is 113 Å². The Morgan fingerprint density at radius 3 is 2.79 bits per heavy atom. The molecular formula is C12H19N3O3S. The smallest absolute Gasteiger partial charge is 0.232 e. The summed E-state index contributed by atoms with van der Waals surface area (Å²) in [7, 11) is -1.79. The SMILES string of the molecule is COc1ccc(NS(=O)(=O)CCCNC2CC2)cn1. The number of hydrogen-bond acceptors (Lipinski definition) is 5. The van der Waals surface area contributed by atoms with E-state index in [9.17, 15) is 8.42 Å². The third kappa shape index (κ3) is 5.04. The van der Waals surface area contributed by atoms with Crippen LogP contribution in [0, 0.1) is 0 Å². The van der Waals surface area contributed by atoms with E-state index in [2.05, 4.69) is 15.0 Å². The highest BCUT2D eigenvalue weighted by molar-refractivity contribution is 7.92. The minimum Gasteiger partial charge on any atom is -0.481 e. The van der Waals surface area contributed by atoms with E-state index < -0.39 is 10.0 Å². The van der Waals surface area contributed by atoms with Gasteiger partial charge >= 0.3 is 0 Å². The van der Waals surface area contributed by atoms with Gasteiger partial charge in [0.1, 0.15) is 0 Å². The van der Waals surface area contributed by atoms with Gasteiger partial charge in [-0.3, -0.25) is 4.72 Å². The van der Waals surface area contributed by atoms with Crippen molar-refractivity contribution in [1.29, 1.82) is 0 Å². The molecule has 0 aromatic carbocycles. The summed E-state index contributed by atoms with van der Waals surface area (Å²) in [6.45, 7) is 0.742. The molecule has 2 rings (SSSR count). The molecule has 0 radical (unpaired) electrons. The summed E-state index contributed by atoms with van der Waals surface area (Å²) in [6.07, 6.45) is 4.47. The highest BCUT2D eigenvalue weighted by atomic mass is 32.2. The van der Waals surface area contributed by atoms with Gasteiger partial charge in [0.2, 0.25) is 15.9 Å². The van der Waals surface area contributed by atoms with Crippen LogP contribution in [0.5, 0.6) is 5.88 Å². The van der Waals surface area contributed by atoms with Gasteiger partial charge in [0.15, 0.2) is 0 Å². The number of anilines is 1. The Kier molecular flexibility index (Phi) is 4.60. The van der Waals surface area contributed by atoms with E-state index in [0.717, 1.165) is 6.54 Å². The second kappa shape index (κ2) is 6.21. The largest absolute Gasteiger partial charge is 0.481 e. The van der Waals surface area contributed by atoms with E-state index >= 15 is 0 Å². The number of nitrogens with zero attached hydrogens (tertiary/aromatic N) is 1. The van der Waals surface area contributed by atoms with Gasteiger partial charge in [-0.1, -0.05) is 0 Å². The van der Waals surface area contributed by atoms with Crippen LogP contribution >= 0.6 is 0 Å². The Morgan fingerprint density at radius 1 is 1.42 bits per heavy atom. The first-order valence-electron chi connectivity index (χ1n) is 6.33. The zero-order valence-electron chi connectivity index (χ0n) is 10.9. The molecule has 0 unspecified atom stereocenters. The monoisotopic (exact) mass is 285 g/mol. The van der Waals surface area contributed by atoms with Crippen molar-refractivity contribution in [1.82, 2.24) is 10.3 Å². The lowest BCUT2D eigenvalue weighted by molar-refractivity contribution is 0.398. The third-order valence-electron chi connectivity index (χ3n) is 2.82. The maximum absolute atomic E-state index is 11.8. The lowest BCUT2D eigenvalue weighted by atomic mass is 10.4. The highest BCUT2D eigenvalue weighted by Gasteiger charge is 2.20. The molecule has 7 heteroatoms. The van der Waals surface area contributed by atoms with Crippen LogP contribution in [0.4, 0.5) is 5.69 Å². The summed E-state index contributed by atoms with van der Waals surface area (Å²) in [5, 5.41) is 3.29. The summed E-state index contributed by atoms with van der Waals surface area (Å²) < 4.78 is 31.0. The van der Waals surface area contributed by atoms with E-state index in [-0.39, 0.29) is 5.75 Å². The summed E-state index contributed by atoms with van der Waals surface area (Å²) in [5.41, 5.74) is 0.455. The molecule has 1 aliphatic carbocycles. The number of hydrogen-bond donors (Lipinski definition) is 2. The van der Waals surface area contributed by atoms with Crippen LogP contribution in [-0.2, 0) is 10.0 Å². The number of pyridine rings is 1. The van der Waals surface area contributed by atoms with Crippen LogP contribution in [0.15, 0.2) is 18.3 Å². The van der Waals surface area contributed by atoms with Crippen LogP contribution < -0.4 is 14.8 Å². The van der Waals surface area contributed by atoms with Crippen molar-refractivity contribution >= 4 is 15.7 Å². The van der Waals surface area contributed by atoms with Gasteiger partial charge < -0.3 is 10.1 Å². The second-order valence-corrected chi connectivity index (χ2v) is 6.43. The van der Waals surface area contributed by atoms with Gasteiger partial charge in [-0.05, 0) is 31.9 Å². The van der Waals surface area contributed by atoms with Crippen LogP contribution in [0.2, 0.25) is 0 Å². The minimum atomic E-state index is -3.30. The maximum Gasteiger partial charge on any atom is 0.232 e. The number of rotatable bonds is 8. The van der Waals surface area contributed by atoms with E-state index in [1.807, 2.05) is 0 Å². The molecule has 1 aromatic heterocycles. The maximum atomic E-state index is 11.8. The fourth-order valence-corrected chi connectivity index (χ4v) is 2.75. The topological polar surface area (TPSA) is 80.3 Å². The third-order valence-corrected chi connectivity index (χ3v) is 4.19. The van der Waals surface area contributed by atoms with Crippen LogP contribution in [-0.4, -0.2) is 38.9 Å². The average molecular weight is 285 g/mol. The molecule has 0 aliphatic heterocycles. The van der Waals surface area contributed by atoms with Gasteiger partial charge in [0.25, 0.3) is 0 Å². The predicted octanol–water partition coefficient (Wildman–Crippen LogP) is 0.974. The molecule has 0 atom stereocenters. The van der Waals surface area contributed by atoms with Crippen molar-refractivity contribution in [2.75, 3.05) is 24.1 Å². The van der Waals surface area contributed by atoms with Gasteiger partial charge in [-0.15, -0.1) is 0 Å². The molecule has 1 saturated carbocycles. The molecule has 0 amide bonds. The van der Waals surface area contributed by atoms with Gasteiger partial charge in [-0.25, -0.2) is 13.4 Å². The molecule has 1 heterocycles. The molecule has 1 fully saturated rings. The molecule has 0 bridgehead atoms. The number of sulfonamides is 1. The van der Waals surface area contributed by atoms with E-state index in [0.29, 0.717) is 24.0 Å². The highest BCUT2D eigenvalue weighted by Crippen LogP contribution is 2.18. The van der Waals surface area contributed by atoms with Crippen molar-refractivity contribution in [2.45, 2.75) is 25.3 Å². The van der Waals surface area contributed by atoms with E-state index in [4.69, 9.17) is 4.74 Å². The molecular weight excluding hydrogens is 266 g/mol. The molecule has 19 heavy (non-hydrogen) atoms. The Balaban J connectivity index is 1.77. The lowest BCUT2D eigenvalue weighted by Gasteiger charge is -2.08. The van der Waals surface area contributed by atoms with Crippen LogP contribution in [0.3, 0.4) is 0 Å². The van der Waals surface area contributed by atoms with Gasteiger partial charge in [-0.2, -0.15) is 0 Å². The fourth-order valence-electron chi connectivity index (χ4n) is 1.65. The first-order valence-corrected chi connectivity index (χ1v) is 7.98. The molecule has 0 saturated heterocycles. The lowest BCUT2D eigenvalue weighted by Crippen LogP contribution is -2.23. The van der Waals surface area contributed by atoms with Crippen molar-refractivity contribution in [3.8, 4) is 5.88 Å². The molecule has 1 aliphatic rings. The number of nitrogens with one attached hydrogen (secondary N) is 2. The van der Waals surface area contributed by atoms with E-state index in [1.165, 1.54) is 26.1 Å². The Hall–Kier alpha value is -1.34. The standard InChI is InChI=1S/C12H19N3O3S/c1-18-12-6-5-11(9-14-12)15-19(16,17)8-2-7-13-10-3-4-10/h5-6,9-10,13,15H,2-4,7-8H2,1H3. The van der Waals surface area contributed by atoms with Gasteiger partial charge in [0.05, 0.1) is 24.7 Å². The second-order valence-electron chi connectivity index (χ2n) is 4.59. The van der Waals surface area contributed by atoms with Crippen molar-refractivity contribution in [3.63, 3.8) is 0 Å². The minimum absolute atomic E-state index is 0.110. The summed E-state index contributed by atoms with van der Waals surface area (Å²) in [6, 6.07) is 3.86. The fraction of sp³-hybridized carbons (Fsp3) is 0.583. The quantitative estimate of drug-likeness (QED) is 0.696. The normalized spacial score (nSPS) is 15.2. The zero-order valence-corrected chi connectivity index (χ0v) is 11.7. The first-order chi connectivity index (χ1) is 9.09. The Bertz CT molecular complexity index is 497. The zero-order chi connectivity index (χ0) is 13.7. The van der Waals surface area contributed by atoms with Crippen LogP contribution in [0.1, 0.15) is 19.3 Å². The number of aromatic nitrogens is 1. The number of ether oxygens (including phenoxy) is 1. The molecule has 1 aromatic rings. The molecule has 0 spiro atoms. The molecule has 106 valence electrons. The molecule has 2 N–H and O–H groups in total. The van der Waals surface area contributed by atoms with Gasteiger partial charge in [0, 0.05) is 12.1 Å². The predicted molar refractivity (Wildman–Crippen MR) is 73.8 cm³/mol. The average Bonchev–Trinajstić information content (AvgIpc) is 3.19. The summed E-state index contributed by atoms with van der Waals surface area (Å²) in [4.78, 5) is 3.95. The number of methoxy groups -OCH3 is 1. The summed E-state index contributed by atoms with van der Waals surface area (Å²) in [5.74, 6) is 0.565. The van der Waals surface area contributed by atoms with Crippen molar-refractivity contribution in [3.05, 3.63) is 18.3 Å².